The summed E-state index contributed by atoms with van der Waals surface area (Å²) < 4.78 is 10.9. The molecule has 3 nitrogen and oxygen atoms in total. The molecule has 1 unspecified atom stereocenters. The molecule has 1 heterocycles. The summed E-state index contributed by atoms with van der Waals surface area (Å²) in [7, 11) is 0. The molecule has 3 heteroatoms. The van der Waals surface area contributed by atoms with Crippen molar-refractivity contribution in [3.05, 3.63) is 29.3 Å². The van der Waals surface area contributed by atoms with Crippen LogP contribution in [0.2, 0.25) is 0 Å². The number of aliphatic hydroxyl groups excluding tert-OH is 1. The van der Waals surface area contributed by atoms with Crippen LogP contribution in [0.1, 0.15) is 31.1 Å². The number of hydrogen-bond donors (Lipinski definition) is 1. The predicted molar refractivity (Wildman–Crippen MR) is 61.7 cm³/mol. The lowest BCUT2D eigenvalue weighted by Crippen LogP contribution is -2.08. The molecule has 1 aromatic carbocycles. The first-order chi connectivity index (χ1) is 7.66. The Kier molecular flexibility index (Phi) is 3.46. The van der Waals surface area contributed by atoms with E-state index in [9.17, 15) is 5.11 Å². The van der Waals surface area contributed by atoms with E-state index in [1.807, 2.05) is 32.0 Å². The minimum absolute atomic E-state index is 0.150. The summed E-state index contributed by atoms with van der Waals surface area (Å²) in [5, 5.41) is 9.92. The molecule has 1 aliphatic heterocycles. The van der Waals surface area contributed by atoms with Crippen molar-refractivity contribution in [1.29, 1.82) is 0 Å². The first kappa shape index (κ1) is 11.4. The normalized spacial score (nSPS) is 20.4. The number of hydrogen-bond acceptors (Lipinski definition) is 3. The molecule has 0 spiro atoms. The average molecular weight is 222 g/mol. The Morgan fingerprint density at radius 3 is 3.00 bits per heavy atom. The molecule has 0 saturated carbocycles. The van der Waals surface area contributed by atoms with Gasteiger partial charge in [0.2, 0.25) is 0 Å². The van der Waals surface area contributed by atoms with Crippen LogP contribution >= 0.6 is 0 Å². The van der Waals surface area contributed by atoms with Gasteiger partial charge in [-0.15, -0.1) is 0 Å². The van der Waals surface area contributed by atoms with Crippen LogP contribution in [0.25, 0.3) is 0 Å². The number of fused-ring (bicyclic) bond motifs is 1. The molecule has 1 aliphatic rings. The van der Waals surface area contributed by atoms with Gasteiger partial charge in [-0.05, 0) is 43.5 Å². The number of ether oxygens (including phenoxy) is 2. The highest BCUT2D eigenvalue weighted by Gasteiger charge is 2.17. The zero-order valence-electron chi connectivity index (χ0n) is 9.77. The monoisotopic (exact) mass is 222 g/mol. The van der Waals surface area contributed by atoms with Gasteiger partial charge in [0.25, 0.3) is 0 Å². The summed E-state index contributed by atoms with van der Waals surface area (Å²) in [6, 6.07) is 5.90. The molecule has 1 atom stereocenters. The molecule has 0 bridgehead atoms. The highest BCUT2D eigenvalue weighted by atomic mass is 16.5. The van der Waals surface area contributed by atoms with E-state index in [1.54, 1.807) is 0 Å². The zero-order chi connectivity index (χ0) is 11.5. The lowest BCUT2D eigenvalue weighted by atomic mass is 10.0. The molecule has 1 aromatic rings. The molecule has 0 saturated heterocycles. The Hall–Kier alpha value is -1.06. The highest BCUT2D eigenvalue weighted by Crippen LogP contribution is 2.27. The summed E-state index contributed by atoms with van der Waals surface area (Å²) in [6.45, 7) is 5.03. The topological polar surface area (TPSA) is 38.7 Å². The Bertz CT molecular complexity index is 360. The van der Waals surface area contributed by atoms with Crippen molar-refractivity contribution >= 4 is 0 Å². The quantitative estimate of drug-likeness (QED) is 0.832. The molecule has 0 fully saturated rings. The fourth-order valence-corrected chi connectivity index (χ4v) is 1.92. The maximum atomic E-state index is 9.92. The average Bonchev–Trinajstić information content (AvgIpc) is 2.41. The van der Waals surface area contributed by atoms with Crippen molar-refractivity contribution in [2.24, 2.45) is 0 Å². The number of aliphatic hydroxyl groups is 1. The molecule has 2 rings (SSSR count). The van der Waals surface area contributed by atoms with Gasteiger partial charge in [0.15, 0.2) is 0 Å². The first-order valence-corrected chi connectivity index (χ1v) is 5.72. The van der Waals surface area contributed by atoms with E-state index in [2.05, 4.69) is 0 Å². The van der Waals surface area contributed by atoms with E-state index in [4.69, 9.17) is 9.47 Å². The summed E-state index contributed by atoms with van der Waals surface area (Å²) >= 11 is 0. The second-order valence-electron chi connectivity index (χ2n) is 4.37. The fraction of sp³-hybridized carbons (Fsp3) is 0.538. The van der Waals surface area contributed by atoms with Crippen molar-refractivity contribution < 1.29 is 14.6 Å². The van der Waals surface area contributed by atoms with Crippen LogP contribution in [0, 0.1) is 0 Å². The van der Waals surface area contributed by atoms with Crippen LogP contribution in [0.5, 0.6) is 5.75 Å². The van der Waals surface area contributed by atoms with Crippen molar-refractivity contribution in [3.63, 3.8) is 0 Å². The highest BCUT2D eigenvalue weighted by molar-refractivity contribution is 5.38. The second-order valence-corrected chi connectivity index (χ2v) is 4.37. The van der Waals surface area contributed by atoms with E-state index < -0.39 is 6.10 Å². The SMILES string of the molecule is CC(C)Oc1ccc2c(c1)C(O)COCC2. The van der Waals surface area contributed by atoms with Gasteiger partial charge in [-0.1, -0.05) is 6.07 Å². The van der Waals surface area contributed by atoms with E-state index in [0.717, 1.165) is 23.3 Å². The Labute approximate surface area is 96.0 Å². The Morgan fingerprint density at radius 1 is 1.44 bits per heavy atom. The van der Waals surface area contributed by atoms with Crippen molar-refractivity contribution in [2.45, 2.75) is 32.5 Å². The van der Waals surface area contributed by atoms with Crippen molar-refractivity contribution in [1.82, 2.24) is 0 Å². The molecular weight excluding hydrogens is 204 g/mol. The third-order valence-electron chi connectivity index (χ3n) is 2.64. The van der Waals surface area contributed by atoms with E-state index >= 15 is 0 Å². The number of benzene rings is 1. The van der Waals surface area contributed by atoms with Crippen LogP contribution in [0.4, 0.5) is 0 Å². The largest absolute Gasteiger partial charge is 0.491 e. The van der Waals surface area contributed by atoms with Gasteiger partial charge in [-0.25, -0.2) is 0 Å². The van der Waals surface area contributed by atoms with Gasteiger partial charge < -0.3 is 14.6 Å². The first-order valence-electron chi connectivity index (χ1n) is 5.72. The molecule has 0 radical (unpaired) electrons. The fourth-order valence-electron chi connectivity index (χ4n) is 1.92. The van der Waals surface area contributed by atoms with Crippen LogP contribution in [0.3, 0.4) is 0 Å². The summed E-state index contributed by atoms with van der Waals surface area (Å²) in [6.07, 6.45) is 0.472. The molecular formula is C13H18O3. The molecule has 1 N–H and O–H groups in total. The van der Waals surface area contributed by atoms with E-state index in [0.29, 0.717) is 13.2 Å². The smallest absolute Gasteiger partial charge is 0.120 e. The van der Waals surface area contributed by atoms with Gasteiger partial charge in [0, 0.05) is 0 Å². The maximum absolute atomic E-state index is 9.92. The minimum atomic E-state index is -0.534. The Morgan fingerprint density at radius 2 is 2.25 bits per heavy atom. The minimum Gasteiger partial charge on any atom is -0.491 e. The number of rotatable bonds is 2. The van der Waals surface area contributed by atoms with Crippen LogP contribution in [0.15, 0.2) is 18.2 Å². The molecule has 88 valence electrons. The van der Waals surface area contributed by atoms with E-state index in [1.165, 1.54) is 0 Å². The van der Waals surface area contributed by atoms with E-state index in [-0.39, 0.29) is 6.10 Å². The lowest BCUT2D eigenvalue weighted by molar-refractivity contribution is 0.0450. The van der Waals surface area contributed by atoms with Gasteiger partial charge in [0.05, 0.1) is 19.3 Å². The molecule has 16 heavy (non-hydrogen) atoms. The van der Waals surface area contributed by atoms with Gasteiger partial charge in [-0.3, -0.25) is 0 Å². The predicted octanol–water partition coefficient (Wildman–Crippen LogP) is 2.08. The summed E-state index contributed by atoms with van der Waals surface area (Å²) in [5.41, 5.74) is 2.09. The summed E-state index contributed by atoms with van der Waals surface area (Å²) in [4.78, 5) is 0. The standard InChI is InChI=1S/C13H18O3/c1-9(2)16-11-4-3-10-5-6-15-8-13(14)12(10)7-11/h3-4,7,9,13-14H,5-6,8H2,1-2H3. The van der Waals surface area contributed by atoms with Crippen molar-refractivity contribution in [2.75, 3.05) is 13.2 Å². The van der Waals surface area contributed by atoms with Crippen molar-refractivity contribution in [3.8, 4) is 5.75 Å². The van der Waals surface area contributed by atoms with Gasteiger partial charge in [-0.2, -0.15) is 0 Å². The molecule has 0 aromatic heterocycles. The third-order valence-corrected chi connectivity index (χ3v) is 2.64. The van der Waals surface area contributed by atoms with Gasteiger partial charge in [0.1, 0.15) is 11.9 Å². The van der Waals surface area contributed by atoms with Crippen LogP contribution in [-0.2, 0) is 11.2 Å². The van der Waals surface area contributed by atoms with Crippen LogP contribution < -0.4 is 4.74 Å². The molecule has 0 amide bonds. The lowest BCUT2D eigenvalue weighted by Gasteiger charge is -2.15. The zero-order valence-corrected chi connectivity index (χ0v) is 9.77. The second kappa shape index (κ2) is 4.85. The third kappa shape index (κ3) is 2.54. The van der Waals surface area contributed by atoms with Gasteiger partial charge >= 0.3 is 0 Å². The Balaban J connectivity index is 2.28. The summed E-state index contributed by atoms with van der Waals surface area (Å²) in [5.74, 6) is 0.815. The maximum Gasteiger partial charge on any atom is 0.120 e. The molecule has 0 aliphatic carbocycles. The van der Waals surface area contributed by atoms with Crippen LogP contribution in [-0.4, -0.2) is 24.4 Å².